The molecule has 0 saturated heterocycles. The third kappa shape index (κ3) is 7.38. The van der Waals surface area contributed by atoms with E-state index in [9.17, 15) is 14.4 Å². The number of rotatable bonds is 11. The van der Waals surface area contributed by atoms with Crippen molar-refractivity contribution in [2.45, 2.75) is 45.3 Å². The highest BCUT2D eigenvalue weighted by atomic mass is 32.2. The van der Waals surface area contributed by atoms with Gasteiger partial charge in [0.2, 0.25) is 0 Å². The summed E-state index contributed by atoms with van der Waals surface area (Å²) >= 11 is 1.55. The average Bonchev–Trinajstić information content (AvgIpc) is 2.84. The number of nitrogens with one attached hydrogen (secondary N) is 1. The van der Waals surface area contributed by atoms with Crippen LogP contribution in [0.2, 0.25) is 0 Å². The molecular formula is C26H29NO6S. The summed E-state index contributed by atoms with van der Waals surface area (Å²) in [6, 6.07) is 14.9. The zero-order chi connectivity index (χ0) is 24.3. The number of aryl methyl sites for hydroxylation is 1. The van der Waals surface area contributed by atoms with Crippen LogP contribution in [0.25, 0.3) is 11.0 Å². The van der Waals surface area contributed by atoms with Crippen LogP contribution >= 0.6 is 11.8 Å². The third-order valence-corrected chi connectivity index (χ3v) is 5.86. The van der Waals surface area contributed by atoms with Crippen molar-refractivity contribution in [1.82, 2.24) is 5.32 Å². The second-order valence-electron chi connectivity index (χ2n) is 7.81. The Kier molecular flexibility index (Phi) is 9.58. The summed E-state index contributed by atoms with van der Waals surface area (Å²) in [6.45, 7) is 2.19. The Bertz CT molecular complexity index is 1160. The molecule has 3 aromatic rings. The van der Waals surface area contributed by atoms with E-state index in [0.29, 0.717) is 17.8 Å². The second-order valence-corrected chi connectivity index (χ2v) is 8.80. The van der Waals surface area contributed by atoms with E-state index in [-0.39, 0.29) is 12.4 Å². The molecule has 0 aliphatic heterocycles. The first-order chi connectivity index (χ1) is 16.5. The van der Waals surface area contributed by atoms with Crippen molar-refractivity contribution < 1.29 is 23.5 Å². The van der Waals surface area contributed by atoms with Crippen LogP contribution in [0.4, 0.5) is 4.79 Å². The molecule has 0 fully saturated rings. The van der Waals surface area contributed by atoms with Crippen LogP contribution in [0, 0.1) is 0 Å². The minimum absolute atomic E-state index is 0.0983. The monoisotopic (exact) mass is 483 g/mol. The maximum Gasteiger partial charge on any atom is 0.408 e. The number of hydrogen-bond acceptors (Lipinski definition) is 7. The molecule has 0 saturated carbocycles. The fourth-order valence-electron chi connectivity index (χ4n) is 3.43. The van der Waals surface area contributed by atoms with E-state index in [4.69, 9.17) is 13.9 Å². The van der Waals surface area contributed by atoms with E-state index < -0.39 is 23.7 Å². The van der Waals surface area contributed by atoms with E-state index in [2.05, 4.69) is 12.2 Å². The lowest BCUT2D eigenvalue weighted by Crippen LogP contribution is -2.43. The van der Waals surface area contributed by atoms with Gasteiger partial charge in [0.25, 0.3) is 0 Å². The van der Waals surface area contributed by atoms with Crippen molar-refractivity contribution >= 4 is 34.8 Å². The highest BCUT2D eigenvalue weighted by Crippen LogP contribution is 2.24. The number of hydrogen-bond donors (Lipinski definition) is 1. The lowest BCUT2D eigenvalue weighted by atomic mass is 10.0. The van der Waals surface area contributed by atoms with Gasteiger partial charge in [0.1, 0.15) is 24.0 Å². The fourth-order valence-corrected chi connectivity index (χ4v) is 3.90. The van der Waals surface area contributed by atoms with Crippen LogP contribution in [0.5, 0.6) is 5.75 Å². The molecule has 0 spiro atoms. The van der Waals surface area contributed by atoms with Crippen LogP contribution in [-0.2, 0) is 22.6 Å². The third-order valence-electron chi connectivity index (χ3n) is 5.22. The molecule has 1 heterocycles. The Balaban J connectivity index is 1.69. The molecular weight excluding hydrogens is 454 g/mol. The molecule has 1 atom stereocenters. The van der Waals surface area contributed by atoms with Crippen LogP contribution in [0.15, 0.2) is 63.8 Å². The number of esters is 1. The lowest BCUT2D eigenvalue weighted by Gasteiger charge is -2.17. The van der Waals surface area contributed by atoms with E-state index in [1.54, 1.807) is 23.9 Å². The van der Waals surface area contributed by atoms with E-state index in [1.807, 2.05) is 36.6 Å². The number of carbonyl (C=O) groups excluding carboxylic acids is 2. The maximum absolute atomic E-state index is 12.8. The minimum atomic E-state index is -0.880. The topological polar surface area (TPSA) is 94.8 Å². The highest BCUT2D eigenvalue weighted by Gasteiger charge is 2.24. The van der Waals surface area contributed by atoms with Gasteiger partial charge in [-0.25, -0.2) is 14.4 Å². The summed E-state index contributed by atoms with van der Waals surface area (Å²) < 4.78 is 16.1. The number of fused-ring (bicyclic) bond motifs is 1. The molecule has 1 N–H and O–H groups in total. The van der Waals surface area contributed by atoms with Crippen molar-refractivity contribution in [2.75, 3.05) is 12.0 Å². The first-order valence-electron chi connectivity index (χ1n) is 11.2. The van der Waals surface area contributed by atoms with Crippen molar-refractivity contribution in [3.05, 3.63) is 76.1 Å². The van der Waals surface area contributed by atoms with Crippen molar-refractivity contribution in [3.63, 3.8) is 0 Å². The molecule has 1 aromatic heterocycles. The van der Waals surface area contributed by atoms with Crippen LogP contribution in [0.1, 0.15) is 37.3 Å². The molecule has 0 bridgehead atoms. The van der Waals surface area contributed by atoms with Gasteiger partial charge >= 0.3 is 17.7 Å². The number of carbonyl (C=O) groups is 2. The fraction of sp³-hybridized carbons (Fsp3) is 0.346. The van der Waals surface area contributed by atoms with Crippen LogP contribution < -0.4 is 15.7 Å². The Morgan fingerprint density at radius 1 is 1.12 bits per heavy atom. The number of unbranched alkanes of at least 4 members (excludes halogenated alkanes) is 1. The number of thioether (sulfide) groups is 1. The van der Waals surface area contributed by atoms with Crippen molar-refractivity contribution in [3.8, 4) is 5.75 Å². The Morgan fingerprint density at radius 3 is 2.65 bits per heavy atom. The highest BCUT2D eigenvalue weighted by molar-refractivity contribution is 7.98. The van der Waals surface area contributed by atoms with Crippen molar-refractivity contribution in [1.29, 1.82) is 0 Å². The van der Waals surface area contributed by atoms with Crippen LogP contribution in [0.3, 0.4) is 0 Å². The average molecular weight is 484 g/mol. The van der Waals surface area contributed by atoms with Gasteiger partial charge in [-0.3, -0.25) is 0 Å². The molecule has 0 aliphatic carbocycles. The summed E-state index contributed by atoms with van der Waals surface area (Å²) in [5.74, 6) is 0.267. The van der Waals surface area contributed by atoms with Gasteiger partial charge in [0.15, 0.2) is 0 Å². The number of alkyl carbamates (subject to hydrolysis) is 1. The van der Waals surface area contributed by atoms with Crippen molar-refractivity contribution in [2.24, 2.45) is 0 Å². The standard InChI is InChI=1S/C26H29NO6S/c1-3-4-10-19-15-24(28)33-23-16-20(11-12-21(19)23)32-25(29)22(13-14-34-2)27-26(30)31-17-18-8-6-5-7-9-18/h5-9,11-12,15-16,22H,3-4,10,13-14,17H2,1-2H3,(H,27,30). The lowest BCUT2D eigenvalue weighted by molar-refractivity contribution is -0.136. The van der Waals surface area contributed by atoms with E-state index in [1.165, 1.54) is 12.1 Å². The maximum atomic E-state index is 12.8. The molecule has 2 aromatic carbocycles. The summed E-state index contributed by atoms with van der Waals surface area (Å²) in [7, 11) is 0. The number of amides is 1. The minimum Gasteiger partial charge on any atom is -0.445 e. The molecule has 34 heavy (non-hydrogen) atoms. The molecule has 3 rings (SSSR count). The molecule has 7 nitrogen and oxygen atoms in total. The summed E-state index contributed by atoms with van der Waals surface area (Å²) in [5.41, 5.74) is 1.67. The molecule has 1 unspecified atom stereocenters. The second kappa shape index (κ2) is 12.8. The largest absolute Gasteiger partial charge is 0.445 e. The van der Waals surface area contributed by atoms with Gasteiger partial charge in [0, 0.05) is 17.5 Å². The molecule has 8 heteroatoms. The van der Waals surface area contributed by atoms with Gasteiger partial charge in [0.05, 0.1) is 0 Å². The van der Waals surface area contributed by atoms with E-state index in [0.717, 1.165) is 35.8 Å². The Labute approximate surface area is 202 Å². The van der Waals surface area contributed by atoms with Gasteiger partial charge in [-0.15, -0.1) is 0 Å². The molecule has 1 amide bonds. The first kappa shape index (κ1) is 25.4. The normalized spacial score (nSPS) is 11.7. The Hall–Kier alpha value is -3.26. The number of ether oxygens (including phenoxy) is 2. The first-order valence-corrected chi connectivity index (χ1v) is 12.6. The zero-order valence-corrected chi connectivity index (χ0v) is 20.2. The molecule has 0 radical (unpaired) electrons. The van der Waals surface area contributed by atoms with Gasteiger partial charge in [-0.1, -0.05) is 43.7 Å². The molecule has 0 aliphatic rings. The van der Waals surface area contributed by atoms with Crippen LogP contribution in [-0.4, -0.2) is 30.1 Å². The van der Waals surface area contributed by atoms with Gasteiger partial charge in [-0.2, -0.15) is 11.8 Å². The summed E-state index contributed by atoms with van der Waals surface area (Å²) in [4.78, 5) is 37.1. The predicted molar refractivity (Wildman–Crippen MR) is 133 cm³/mol. The molecule has 180 valence electrons. The smallest absolute Gasteiger partial charge is 0.408 e. The summed E-state index contributed by atoms with van der Waals surface area (Å²) in [6.07, 6.45) is 4.33. The van der Waals surface area contributed by atoms with E-state index >= 15 is 0 Å². The SMILES string of the molecule is CCCCc1cc(=O)oc2cc(OC(=O)C(CCSC)NC(=O)OCc3ccccc3)ccc12. The quantitative estimate of drug-likeness (QED) is 0.231. The Morgan fingerprint density at radius 2 is 1.91 bits per heavy atom. The van der Waals surface area contributed by atoms with Gasteiger partial charge < -0.3 is 19.2 Å². The predicted octanol–water partition coefficient (Wildman–Crippen LogP) is 5.09. The summed E-state index contributed by atoms with van der Waals surface area (Å²) in [5, 5.41) is 3.41. The van der Waals surface area contributed by atoms with Gasteiger partial charge in [-0.05, 0) is 54.5 Å². The number of benzene rings is 2. The zero-order valence-electron chi connectivity index (χ0n) is 19.4.